The molecule has 27 heavy (non-hydrogen) atoms. The summed E-state index contributed by atoms with van der Waals surface area (Å²) in [6.07, 6.45) is 24.8. The van der Waals surface area contributed by atoms with E-state index in [9.17, 15) is 0 Å². The van der Waals surface area contributed by atoms with Crippen molar-refractivity contribution < 1.29 is 0 Å². The fraction of sp³-hybridized carbons (Fsp3) is 1.00. The zero-order valence-electron chi connectivity index (χ0n) is 18.9. The highest BCUT2D eigenvalue weighted by Crippen LogP contribution is 2.56. The van der Waals surface area contributed by atoms with Gasteiger partial charge in [0.1, 0.15) is 0 Å². The molecular weight excluding hydrogens is 324 g/mol. The van der Waals surface area contributed by atoms with Crippen molar-refractivity contribution in [3.63, 3.8) is 0 Å². The molecule has 0 saturated heterocycles. The summed E-state index contributed by atoms with van der Waals surface area (Å²) in [6.45, 7) is 7.66. The van der Waals surface area contributed by atoms with E-state index in [4.69, 9.17) is 0 Å². The summed E-state index contributed by atoms with van der Waals surface area (Å²) in [5.74, 6) is 7.49. The number of fused-ring (bicyclic) bond motifs is 1. The summed E-state index contributed by atoms with van der Waals surface area (Å²) in [7, 11) is 0. The second-order valence-electron chi connectivity index (χ2n) is 12.0. The van der Waals surface area contributed by atoms with Crippen molar-refractivity contribution in [3.8, 4) is 0 Å². The maximum absolute atomic E-state index is 2.73. The third-order valence-corrected chi connectivity index (χ3v) is 10.2. The van der Waals surface area contributed by atoms with Crippen molar-refractivity contribution in [2.75, 3.05) is 0 Å². The Kier molecular flexibility index (Phi) is 6.60. The minimum atomic E-state index is 0.682. The first-order valence-electron chi connectivity index (χ1n) is 13.1. The largest absolute Gasteiger partial charge is 0.0651 e. The Balaban J connectivity index is 1.46. The SMILES string of the molecule is CCC1CC2CCC(C(CC3CCC(C)CC3)C3(C)CCCCC3)CC2C1. The molecule has 5 atom stereocenters. The summed E-state index contributed by atoms with van der Waals surface area (Å²) in [6, 6.07) is 0. The molecule has 4 aliphatic rings. The average molecular weight is 373 g/mol. The molecule has 4 aliphatic carbocycles. The summed E-state index contributed by atoms with van der Waals surface area (Å²) < 4.78 is 0. The molecule has 0 aromatic carbocycles. The lowest BCUT2D eigenvalue weighted by Crippen LogP contribution is -2.39. The third-order valence-electron chi connectivity index (χ3n) is 10.2. The van der Waals surface area contributed by atoms with E-state index in [0.29, 0.717) is 5.41 Å². The van der Waals surface area contributed by atoms with Crippen molar-refractivity contribution in [1.29, 1.82) is 0 Å². The van der Waals surface area contributed by atoms with Gasteiger partial charge in [-0.2, -0.15) is 0 Å². The van der Waals surface area contributed by atoms with Gasteiger partial charge < -0.3 is 0 Å². The Morgan fingerprint density at radius 2 is 1.48 bits per heavy atom. The van der Waals surface area contributed by atoms with Gasteiger partial charge in [-0.3, -0.25) is 0 Å². The van der Waals surface area contributed by atoms with E-state index >= 15 is 0 Å². The van der Waals surface area contributed by atoms with E-state index in [2.05, 4.69) is 20.8 Å². The smallest absolute Gasteiger partial charge is 0.0295 e. The summed E-state index contributed by atoms with van der Waals surface area (Å²) >= 11 is 0. The molecule has 0 spiro atoms. The molecule has 0 nitrogen and oxygen atoms in total. The predicted octanol–water partition coefficient (Wildman–Crippen LogP) is 8.64. The van der Waals surface area contributed by atoms with Crippen LogP contribution < -0.4 is 0 Å². The molecule has 0 N–H and O–H groups in total. The third kappa shape index (κ3) is 4.61. The molecule has 0 aliphatic heterocycles. The van der Waals surface area contributed by atoms with Gasteiger partial charge >= 0.3 is 0 Å². The van der Waals surface area contributed by atoms with Gasteiger partial charge in [-0.15, -0.1) is 0 Å². The van der Waals surface area contributed by atoms with Gasteiger partial charge in [-0.25, -0.2) is 0 Å². The lowest BCUT2D eigenvalue weighted by Gasteiger charge is -2.49. The Bertz CT molecular complexity index is 451. The second-order valence-corrected chi connectivity index (χ2v) is 12.0. The van der Waals surface area contributed by atoms with Crippen molar-refractivity contribution in [3.05, 3.63) is 0 Å². The maximum Gasteiger partial charge on any atom is -0.0295 e. The van der Waals surface area contributed by atoms with E-state index < -0.39 is 0 Å². The van der Waals surface area contributed by atoms with Crippen LogP contribution >= 0.6 is 0 Å². The van der Waals surface area contributed by atoms with E-state index in [0.717, 1.165) is 41.4 Å². The normalized spacial score (nSPS) is 43.2. The first-order chi connectivity index (χ1) is 13.1. The molecule has 0 heteroatoms. The highest BCUT2D eigenvalue weighted by Gasteiger charge is 2.45. The van der Waals surface area contributed by atoms with Crippen LogP contribution in [0.3, 0.4) is 0 Å². The van der Waals surface area contributed by atoms with E-state index in [1.54, 1.807) is 64.2 Å². The fourth-order valence-corrected chi connectivity index (χ4v) is 8.31. The number of hydrogen-bond acceptors (Lipinski definition) is 0. The zero-order valence-corrected chi connectivity index (χ0v) is 18.9. The van der Waals surface area contributed by atoms with E-state index in [1.807, 2.05) is 0 Å². The van der Waals surface area contributed by atoms with E-state index in [-0.39, 0.29) is 0 Å². The Morgan fingerprint density at radius 3 is 2.19 bits per heavy atom. The molecule has 0 aromatic heterocycles. The monoisotopic (exact) mass is 372 g/mol. The topological polar surface area (TPSA) is 0 Å². The molecule has 4 fully saturated rings. The average Bonchev–Trinajstić information content (AvgIpc) is 3.10. The molecular formula is C27H48. The molecule has 0 heterocycles. The van der Waals surface area contributed by atoms with Crippen LogP contribution in [0.15, 0.2) is 0 Å². The summed E-state index contributed by atoms with van der Waals surface area (Å²) in [5.41, 5.74) is 0.682. The lowest BCUT2D eigenvalue weighted by molar-refractivity contribution is 0.0130. The molecule has 0 amide bonds. The maximum atomic E-state index is 2.73. The number of hydrogen-bond donors (Lipinski definition) is 0. The quantitative estimate of drug-likeness (QED) is 0.453. The van der Waals surface area contributed by atoms with Crippen molar-refractivity contribution in [1.82, 2.24) is 0 Å². The van der Waals surface area contributed by atoms with Gasteiger partial charge in [0.25, 0.3) is 0 Å². The van der Waals surface area contributed by atoms with Crippen LogP contribution in [0.2, 0.25) is 0 Å². The van der Waals surface area contributed by atoms with Gasteiger partial charge in [0.2, 0.25) is 0 Å². The highest BCUT2D eigenvalue weighted by molar-refractivity contribution is 4.96. The van der Waals surface area contributed by atoms with Crippen LogP contribution in [0.25, 0.3) is 0 Å². The Hall–Kier alpha value is 0. The van der Waals surface area contributed by atoms with Gasteiger partial charge in [0.15, 0.2) is 0 Å². The van der Waals surface area contributed by atoms with Crippen LogP contribution in [-0.2, 0) is 0 Å². The van der Waals surface area contributed by atoms with Crippen LogP contribution in [0.5, 0.6) is 0 Å². The summed E-state index contributed by atoms with van der Waals surface area (Å²) in [4.78, 5) is 0. The van der Waals surface area contributed by atoms with Gasteiger partial charge in [-0.1, -0.05) is 72.1 Å². The predicted molar refractivity (Wildman–Crippen MR) is 118 cm³/mol. The molecule has 156 valence electrons. The Morgan fingerprint density at radius 1 is 0.778 bits per heavy atom. The van der Waals surface area contributed by atoms with Crippen LogP contribution in [0, 0.1) is 46.8 Å². The molecule has 4 rings (SSSR count). The number of rotatable bonds is 5. The van der Waals surface area contributed by atoms with Crippen LogP contribution in [-0.4, -0.2) is 0 Å². The highest BCUT2D eigenvalue weighted by atomic mass is 14.5. The first kappa shape index (κ1) is 20.3. The zero-order chi connectivity index (χ0) is 18.9. The minimum Gasteiger partial charge on any atom is -0.0651 e. The van der Waals surface area contributed by atoms with Crippen molar-refractivity contribution in [2.45, 2.75) is 124 Å². The van der Waals surface area contributed by atoms with Gasteiger partial charge in [-0.05, 0) is 98.2 Å². The van der Waals surface area contributed by atoms with Crippen LogP contribution in [0.4, 0.5) is 0 Å². The molecule has 5 unspecified atom stereocenters. The van der Waals surface area contributed by atoms with Gasteiger partial charge in [0, 0.05) is 0 Å². The standard InChI is InChI=1S/C27H48/c1-4-21-16-23-12-13-24(19-25(23)17-21)26(27(3)14-6-5-7-15-27)18-22-10-8-20(2)9-11-22/h20-26H,4-19H2,1-3H3. The Labute approximate surface area is 170 Å². The van der Waals surface area contributed by atoms with E-state index in [1.165, 1.54) is 38.5 Å². The minimum absolute atomic E-state index is 0.682. The lowest BCUT2D eigenvalue weighted by atomic mass is 9.56. The molecule has 0 radical (unpaired) electrons. The molecule has 4 saturated carbocycles. The van der Waals surface area contributed by atoms with Crippen molar-refractivity contribution in [2.24, 2.45) is 46.8 Å². The molecule has 0 aromatic rings. The summed E-state index contributed by atoms with van der Waals surface area (Å²) in [5, 5.41) is 0. The van der Waals surface area contributed by atoms with Crippen LogP contribution in [0.1, 0.15) is 124 Å². The van der Waals surface area contributed by atoms with Crippen molar-refractivity contribution >= 4 is 0 Å². The second kappa shape index (κ2) is 8.79. The first-order valence-corrected chi connectivity index (χ1v) is 13.1. The van der Waals surface area contributed by atoms with Gasteiger partial charge in [0.05, 0.1) is 0 Å². The fourth-order valence-electron chi connectivity index (χ4n) is 8.31. The molecule has 0 bridgehead atoms.